The fourth-order valence-corrected chi connectivity index (χ4v) is 3.65. The van der Waals surface area contributed by atoms with E-state index in [1.807, 2.05) is 18.2 Å². The van der Waals surface area contributed by atoms with E-state index in [1.54, 1.807) is 30.3 Å². The number of nitrogens with zero attached hydrogens (tertiary/aromatic N) is 2. The van der Waals surface area contributed by atoms with Gasteiger partial charge in [-0.3, -0.25) is 10.1 Å². The van der Waals surface area contributed by atoms with Crippen LogP contribution < -0.4 is 16.0 Å². The summed E-state index contributed by atoms with van der Waals surface area (Å²) in [5.74, 6) is -0.117. The molecular weight excluding hydrogens is 430 g/mol. The van der Waals surface area contributed by atoms with Crippen molar-refractivity contribution in [1.82, 2.24) is 15.3 Å². The maximum atomic E-state index is 13.1. The van der Waals surface area contributed by atoms with Crippen molar-refractivity contribution in [1.29, 1.82) is 0 Å². The number of hydrogen-bond acceptors (Lipinski definition) is 6. The first-order chi connectivity index (χ1) is 16.5. The number of benzene rings is 2. The molecule has 0 saturated heterocycles. The highest BCUT2D eigenvalue weighted by Gasteiger charge is 2.22. The number of anilines is 2. The maximum Gasteiger partial charge on any atom is 0.335 e. The van der Waals surface area contributed by atoms with Gasteiger partial charge in [0.05, 0.1) is 11.6 Å². The third kappa shape index (κ3) is 7.11. The topological polar surface area (TPSA) is 116 Å². The van der Waals surface area contributed by atoms with Crippen molar-refractivity contribution < 1.29 is 14.7 Å². The second kappa shape index (κ2) is 12.5. The fourth-order valence-electron chi connectivity index (χ4n) is 3.65. The van der Waals surface area contributed by atoms with Gasteiger partial charge in [-0.2, -0.15) is 0 Å². The van der Waals surface area contributed by atoms with Crippen molar-refractivity contribution in [3.05, 3.63) is 83.7 Å². The molecule has 2 atom stereocenters. The molecule has 0 aliphatic rings. The summed E-state index contributed by atoms with van der Waals surface area (Å²) in [6.07, 6.45) is 3.84. The standard InChI is InChI=1S/C26H31N5O3/c1-3-8-22(30-21(4-2)19-9-6-5-7-10-19)25(32)31-24-15-23(28-17-29-24)27-16-18-11-13-20(14-12-18)26(33)34/h5-7,9-15,17,21-22,30H,3-4,8,16H2,1-2H3,(H,33,34)(H2,27,28,29,31,32). The minimum Gasteiger partial charge on any atom is -0.478 e. The van der Waals surface area contributed by atoms with Gasteiger partial charge in [0, 0.05) is 18.7 Å². The number of carboxylic acid groups (broad SMARTS) is 1. The van der Waals surface area contributed by atoms with Gasteiger partial charge in [-0.05, 0) is 36.1 Å². The summed E-state index contributed by atoms with van der Waals surface area (Å²) < 4.78 is 0. The quantitative estimate of drug-likeness (QED) is 0.311. The summed E-state index contributed by atoms with van der Waals surface area (Å²) in [5.41, 5.74) is 2.31. The largest absolute Gasteiger partial charge is 0.478 e. The minimum absolute atomic E-state index is 0.0821. The van der Waals surface area contributed by atoms with Gasteiger partial charge < -0.3 is 15.7 Å². The Labute approximate surface area is 199 Å². The predicted octanol–water partition coefficient (Wildman–Crippen LogP) is 4.64. The van der Waals surface area contributed by atoms with E-state index in [2.05, 4.69) is 51.9 Å². The van der Waals surface area contributed by atoms with E-state index >= 15 is 0 Å². The zero-order valence-corrected chi connectivity index (χ0v) is 19.5. The van der Waals surface area contributed by atoms with Gasteiger partial charge in [-0.1, -0.05) is 62.7 Å². The van der Waals surface area contributed by atoms with Crippen LogP contribution in [0.25, 0.3) is 0 Å². The van der Waals surface area contributed by atoms with Crippen LogP contribution in [0.4, 0.5) is 11.6 Å². The summed E-state index contributed by atoms with van der Waals surface area (Å²) in [6, 6.07) is 18.2. The Morgan fingerprint density at radius 1 is 0.971 bits per heavy atom. The number of aromatic carboxylic acids is 1. The van der Waals surface area contributed by atoms with Crippen molar-refractivity contribution in [2.45, 2.75) is 51.7 Å². The van der Waals surface area contributed by atoms with E-state index < -0.39 is 5.97 Å². The fraction of sp³-hybridized carbons (Fsp3) is 0.308. The molecule has 4 N–H and O–H groups in total. The Hall–Kier alpha value is -3.78. The lowest BCUT2D eigenvalue weighted by molar-refractivity contribution is -0.118. The Bertz CT molecular complexity index is 1070. The molecule has 0 fully saturated rings. The molecule has 8 nitrogen and oxygen atoms in total. The molecule has 3 aromatic rings. The highest BCUT2D eigenvalue weighted by molar-refractivity contribution is 5.94. The van der Waals surface area contributed by atoms with Gasteiger partial charge in [-0.25, -0.2) is 14.8 Å². The Kier molecular flexibility index (Phi) is 9.11. The molecule has 3 rings (SSSR count). The van der Waals surface area contributed by atoms with Crippen molar-refractivity contribution in [3.8, 4) is 0 Å². The minimum atomic E-state index is -0.958. The van der Waals surface area contributed by atoms with E-state index in [9.17, 15) is 9.59 Å². The summed E-state index contributed by atoms with van der Waals surface area (Å²) in [5, 5.41) is 18.6. The van der Waals surface area contributed by atoms with Crippen LogP contribution >= 0.6 is 0 Å². The van der Waals surface area contributed by atoms with Crippen molar-refractivity contribution in [3.63, 3.8) is 0 Å². The summed E-state index contributed by atoms with van der Waals surface area (Å²) in [6.45, 7) is 4.61. The number of aromatic nitrogens is 2. The van der Waals surface area contributed by atoms with Gasteiger partial charge in [0.2, 0.25) is 5.91 Å². The summed E-state index contributed by atoms with van der Waals surface area (Å²) in [4.78, 5) is 32.4. The lowest BCUT2D eigenvalue weighted by Gasteiger charge is -2.24. The average molecular weight is 462 g/mol. The van der Waals surface area contributed by atoms with E-state index in [-0.39, 0.29) is 23.6 Å². The number of carbonyl (C=O) groups excluding carboxylic acids is 1. The van der Waals surface area contributed by atoms with Gasteiger partial charge in [0.25, 0.3) is 0 Å². The van der Waals surface area contributed by atoms with Gasteiger partial charge in [0.1, 0.15) is 18.0 Å². The van der Waals surface area contributed by atoms with Gasteiger partial charge >= 0.3 is 5.97 Å². The smallest absolute Gasteiger partial charge is 0.335 e. The number of carbonyl (C=O) groups is 2. The van der Waals surface area contributed by atoms with Crippen LogP contribution in [0.1, 0.15) is 60.6 Å². The molecule has 34 heavy (non-hydrogen) atoms. The molecule has 178 valence electrons. The van der Waals surface area contributed by atoms with Crippen LogP contribution in [0.3, 0.4) is 0 Å². The predicted molar refractivity (Wildman–Crippen MR) is 133 cm³/mol. The Morgan fingerprint density at radius 3 is 2.32 bits per heavy atom. The van der Waals surface area contributed by atoms with Gasteiger partial charge in [-0.15, -0.1) is 0 Å². The SMILES string of the molecule is CCCC(NC(CC)c1ccccc1)C(=O)Nc1cc(NCc2ccc(C(=O)O)cc2)ncn1. The molecule has 0 aliphatic carbocycles. The van der Waals surface area contributed by atoms with Crippen molar-refractivity contribution in [2.75, 3.05) is 10.6 Å². The third-order valence-corrected chi connectivity index (χ3v) is 5.50. The highest BCUT2D eigenvalue weighted by atomic mass is 16.4. The molecule has 0 bridgehead atoms. The first kappa shape index (κ1) is 24.9. The molecule has 0 saturated carbocycles. The number of nitrogens with one attached hydrogen (secondary N) is 3. The van der Waals surface area contributed by atoms with Crippen LogP contribution in [0, 0.1) is 0 Å². The van der Waals surface area contributed by atoms with E-state index in [1.165, 1.54) is 6.33 Å². The lowest BCUT2D eigenvalue weighted by atomic mass is 10.0. The van der Waals surface area contributed by atoms with Gasteiger partial charge in [0.15, 0.2) is 0 Å². The monoisotopic (exact) mass is 461 g/mol. The molecule has 0 aliphatic heterocycles. The normalized spacial score (nSPS) is 12.5. The van der Waals surface area contributed by atoms with E-state index in [0.29, 0.717) is 24.6 Å². The first-order valence-electron chi connectivity index (χ1n) is 11.5. The summed E-state index contributed by atoms with van der Waals surface area (Å²) >= 11 is 0. The zero-order chi connectivity index (χ0) is 24.3. The first-order valence-corrected chi connectivity index (χ1v) is 11.5. The average Bonchev–Trinajstić information content (AvgIpc) is 2.86. The molecule has 1 aromatic heterocycles. The summed E-state index contributed by atoms with van der Waals surface area (Å²) in [7, 11) is 0. The molecule has 0 spiro atoms. The Balaban J connectivity index is 1.62. The second-order valence-electron chi connectivity index (χ2n) is 8.01. The molecule has 0 radical (unpaired) electrons. The van der Waals surface area contributed by atoms with E-state index in [4.69, 9.17) is 5.11 Å². The Morgan fingerprint density at radius 2 is 1.68 bits per heavy atom. The lowest BCUT2D eigenvalue weighted by Crippen LogP contribution is -2.42. The zero-order valence-electron chi connectivity index (χ0n) is 19.5. The van der Waals surface area contributed by atoms with Crippen LogP contribution in [0.15, 0.2) is 67.0 Å². The molecule has 1 heterocycles. The third-order valence-electron chi connectivity index (χ3n) is 5.50. The van der Waals surface area contributed by atoms with E-state index in [0.717, 1.165) is 24.0 Å². The number of amides is 1. The molecule has 1 amide bonds. The van der Waals surface area contributed by atoms with Crippen LogP contribution in [-0.2, 0) is 11.3 Å². The highest BCUT2D eigenvalue weighted by Crippen LogP contribution is 2.19. The number of hydrogen-bond donors (Lipinski definition) is 4. The number of carboxylic acids is 1. The second-order valence-corrected chi connectivity index (χ2v) is 8.01. The molecule has 2 unspecified atom stereocenters. The van der Waals surface area contributed by atoms with Crippen molar-refractivity contribution in [2.24, 2.45) is 0 Å². The van der Waals surface area contributed by atoms with Crippen molar-refractivity contribution >= 4 is 23.5 Å². The molecule has 8 heteroatoms. The molecular formula is C26H31N5O3. The number of rotatable bonds is 12. The van der Waals surface area contributed by atoms with Crippen LogP contribution in [-0.4, -0.2) is 33.0 Å². The molecule has 2 aromatic carbocycles. The van der Waals surface area contributed by atoms with Crippen LogP contribution in [0.5, 0.6) is 0 Å². The van der Waals surface area contributed by atoms with Crippen LogP contribution in [0.2, 0.25) is 0 Å². The maximum absolute atomic E-state index is 13.1.